The zero-order valence-electron chi connectivity index (χ0n) is 15.0. The van der Waals surface area contributed by atoms with Gasteiger partial charge in [0.25, 0.3) is 0 Å². The van der Waals surface area contributed by atoms with Crippen molar-refractivity contribution in [2.75, 3.05) is 0 Å². The highest BCUT2D eigenvalue weighted by Crippen LogP contribution is 2.53. The van der Waals surface area contributed by atoms with Crippen molar-refractivity contribution in [1.82, 2.24) is 0 Å². The van der Waals surface area contributed by atoms with Crippen molar-refractivity contribution in [2.24, 2.45) is 0 Å². The number of ketones is 2. The van der Waals surface area contributed by atoms with Crippen molar-refractivity contribution in [3.63, 3.8) is 0 Å². The molecule has 2 aliphatic carbocycles. The molecule has 0 saturated carbocycles. The molecule has 0 amide bonds. The summed E-state index contributed by atoms with van der Waals surface area (Å²) in [5.41, 5.74) is -5.52. The van der Waals surface area contributed by atoms with Crippen LogP contribution in [0.4, 0.5) is 22.7 Å². The smallest absolute Gasteiger partial charge is 0.293 e. The zero-order chi connectivity index (χ0) is 22.8. The Morgan fingerprint density at radius 2 is 0.968 bits per heavy atom. The molecular formula is C17H8N4O10. The molecule has 0 unspecified atom stereocenters. The third-order valence-corrected chi connectivity index (χ3v) is 5.48. The quantitative estimate of drug-likeness (QED) is 0.513. The minimum Gasteiger partial charge on any atom is -0.293 e. The van der Waals surface area contributed by atoms with Crippen LogP contribution < -0.4 is 0 Å². The number of rotatable bonds is 4. The van der Waals surface area contributed by atoms with Crippen LogP contribution in [0.15, 0.2) is 24.3 Å². The summed E-state index contributed by atoms with van der Waals surface area (Å²) < 4.78 is 0. The van der Waals surface area contributed by atoms with Gasteiger partial charge in [0.05, 0.1) is 19.7 Å². The van der Waals surface area contributed by atoms with Crippen LogP contribution in [0.5, 0.6) is 0 Å². The average Bonchev–Trinajstić information content (AvgIpc) is 2.71. The third kappa shape index (κ3) is 2.58. The normalized spacial score (nSPS) is 18.7. The highest BCUT2D eigenvalue weighted by molar-refractivity contribution is 6.17. The van der Waals surface area contributed by atoms with E-state index in [1.807, 2.05) is 0 Å². The van der Waals surface area contributed by atoms with E-state index >= 15 is 0 Å². The monoisotopic (exact) mass is 428 g/mol. The van der Waals surface area contributed by atoms with Crippen LogP contribution in [0.25, 0.3) is 0 Å². The topological polar surface area (TPSA) is 207 Å². The fourth-order valence-electron chi connectivity index (χ4n) is 4.29. The predicted molar refractivity (Wildman–Crippen MR) is 98.3 cm³/mol. The minimum atomic E-state index is -1.26. The number of nitrogens with zero attached hydrogens (tertiary/aromatic N) is 4. The molecule has 0 aliphatic heterocycles. The second-order valence-electron chi connectivity index (χ2n) is 6.89. The molecule has 2 aliphatic rings. The van der Waals surface area contributed by atoms with Crippen molar-refractivity contribution in [3.8, 4) is 0 Å². The van der Waals surface area contributed by atoms with Crippen molar-refractivity contribution in [3.05, 3.63) is 87.0 Å². The lowest BCUT2D eigenvalue weighted by Crippen LogP contribution is -2.35. The largest absolute Gasteiger partial charge is 0.357 e. The van der Waals surface area contributed by atoms with E-state index in [1.165, 1.54) is 0 Å². The SMILES string of the molecule is O=C1c2c(ccc([N+](=O)[O-])c2[N+](=O)[O-])[C@H]2C[C@@H]1c1ccc([N+](=O)[O-])c([N+](=O)[O-])c1C2=O. The number of hydrogen-bond donors (Lipinski definition) is 0. The van der Waals surface area contributed by atoms with E-state index in [2.05, 4.69) is 0 Å². The summed E-state index contributed by atoms with van der Waals surface area (Å²) in [5, 5.41) is 45.6. The summed E-state index contributed by atoms with van der Waals surface area (Å²) in [4.78, 5) is 67.7. The van der Waals surface area contributed by atoms with E-state index in [0.717, 1.165) is 24.3 Å². The first-order chi connectivity index (χ1) is 14.6. The molecule has 0 heterocycles. The van der Waals surface area contributed by atoms with Gasteiger partial charge in [-0.3, -0.25) is 50.0 Å². The van der Waals surface area contributed by atoms with Gasteiger partial charge in [0.15, 0.2) is 11.6 Å². The summed E-state index contributed by atoms with van der Waals surface area (Å²) in [6.45, 7) is 0. The summed E-state index contributed by atoms with van der Waals surface area (Å²) in [6, 6.07) is 3.64. The Morgan fingerprint density at radius 3 is 1.26 bits per heavy atom. The highest BCUT2D eigenvalue weighted by Gasteiger charge is 2.52. The Labute approximate surface area is 169 Å². The number of Topliss-reactive ketones (excluding diaryl/α,β-unsaturated/α-hetero) is 2. The van der Waals surface area contributed by atoms with Crippen LogP contribution in [0, 0.1) is 40.5 Å². The lowest BCUT2D eigenvalue weighted by Gasteiger charge is -2.34. The molecule has 0 fully saturated rings. The maximum atomic E-state index is 13.2. The van der Waals surface area contributed by atoms with Gasteiger partial charge in [-0.2, -0.15) is 0 Å². The van der Waals surface area contributed by atoms with Gasteiger partial charge in [-0.15, -0.1) is 0 Å². The first-order valence-corrected chi connectivity index (χ1v) is 8.56. The molecule has 2 bridgehead atoms. The maximum Gasteiger partial charge on any atom is 0.357 e. The Balaban J connectivity index is 2.05. The molecule has 2 aromatic rings. The number of carbonyl (C=O) groups excluding carboxylic acids is 2. The van der Waals surface area contributed by atoms with Crippen LogP contribution in [0.1, 0.15) is 50.1 Å². The van der Waals surface area contributed by atoms with Gasteiger partial charge in [-0.25, -0.2) is 0 Å². The molecule has 0 spiro atoms. The van der Waals surface area contributed by atoms with Crippen LogP contribution in [0.3, 0.4) is 0 Å². The van der Waals surface area contributed by atoms with Gasteiger partial charge >= 0.3 is 22.7 Å². The number of fused-ring (bicyclic) bond motifs is 6. The summed E-state index contributed by atoms with van der Waals surface area (Å²) >= 11 is 0. The molecule has 0 saturated heterocycles. The fraction of sp³-hybridized carbons (Fsp3) is 0.176. The van der Waals surface area contributed by atoms with E-state index in [4.69, 9.17) is 0 Å². The number of hydrogen-bond acceptors (Lipinski definition) is 10. The van der Waals surface area contributed by atoms with Crippen LogP contribution in [-0.2, 0) is 0 Å². The maximum absolute atomic E-state index is 13.2. The molecule has 0 aromatic heterocycles. The molecule has 0 N–H and O–H groups in total. The fourth-order valence-corrected chi connectivity index (χ4v) is 4.29. The lowest BCUT2D eigenvalue weighted by molar-refractivity contribution is -0.422. The predicted octanol–water partition coefficient (Wildman–Crippen LogP) is 2.97. The van der Waals surface area contributed by atoms with Gasteiger partial charge in [0.2, 0.25) is 0 Å². The Hall–Kier alpha value is -4.62. The molecule has 31 heavy (non-hydrogen) atoms. The van der Waals surface area contributed by atoms with E-state index < -0.39 is 77.0 Å². The lowest BCUT2D eigenvalue weighted by atomic mass is 9.64. The van der Waals surface area contributed by atoms with Crippen molar-refractivity contribution < 1.29 is 29.3 Å². The Morgan fingerprint density at radius 1 is 0.613 bits per heavy atom. The molecule has 156 valence electrons. The highest BCUT2D eigenvalue weighted by atomic mass is 16.6. The molecule has 0 radical (unpaired) electrons. The molecular weight excluding hydrogens is 420 g/mol. The van der Waals surface area contributed by atoms with Gasteiger partial charge in [-0.1, -0.05) is 12.1 Å². The Kier molecular flexibility index (Phi) is 4.09. The van der Waals surface area contributed by atoms with Crippen LogP contribution in [-0.4, -0.2) is 31.3 Å². The van der Waals surface area contributed by atoms with E-state index in [9.17, 15) is 50.0 Å². The van der Waals surface area contributed by atoms with Gasteiger partial charge in [-0.05, 0) is 17.5 Å². The van der Waals surface area contributed by atoms with Crippen LogP contribution in [0.2, 0.25) is 0 Å². The van der Waals surface area contributed by atoms with Gasteiger partial charge in [0, 0.05) is 24.0 Å². The van der Waals surface area contributed by atoms with Gasteiger partial charge < -0.3 is 0 Å². The number of carbonyl (C=O) groups is 2. The average molecular weight is 428 g/mol. The third-order valence-electron chi connectivity index (χ3n) is 5.48. The molecule has 2 atom stereocenters. The molecule has 14 nitrogen and oxygen atoms in total. The van der Waals surface area contributed by atoms with E-state index in [0.29, 0.717) is 0 Å². The van der Waals surface area contributed by atoms with Crippen LogP contribution >= 0.6 is 0 Å². The van der Waals surface area contributed by atoms with Crippen molar-refractivity contribution in [2.45, 2.75) is 18.3 Å². The second-order valence-corrected chi connectivity index (χ2v) is 6.89. The summed E-state index contributed by atoms with van der Waals surface area (Å²) in [7, 11) is 0. The zero-order valence-corrected chi connectivity index (χ0v) is 15.0. The van der Waals surface area contributed by atoms with Crippen molar-refractivity contribution in [1.29, 1.82) is 0 Å². The standard InChI is InChI=1S/C17H8N4O10/c22-16-8-5-9(7-2-4-11(19(26)27)15(13(7)16)21(30)31)17(23)12-6(8)1-3-10(18(24)25)14(12)20(28)29/h1-4,8-9H,5H2/t8-,9-/m1/s1. The minimum absolute atomic E-state index is 0.165. The first-order valence-electron chi connectivity index (χ1n) is 8.56. The molecule has 4 rings (SSSR count). The van der Waals surface area contributed by atoms with Crippen molar-refractivity contribution >= 4 is 34.3 Å². The molecule has 14 heteroatoms. The first kappa shape index (κ1) is 19.7. The summed E-state index contributed by atoms with van der Waals surface area (Å²) in [5.74, 6) is -4.35. The number of nitro groups is 4. The number of nitro benzene ring substituents is 4. The van der Waals surface area contributed by atoms with E-state index in [1.54, 1.807) is 0 Å². The van der Waals surface area contributed by atoms with E-state index in [-0.39, 0.29) is 17.5 Å². The Bertz CT molecular complexity index is 1190. The number of benzene rings is 2. The van der Waals surface area contributed by atoms with Gasteiger partial charge in [0.1, 0.15) is 11.1 Å². The summed E-state index contributed by atoms with van der Waals surface area (Å²) in [6.07, 6.45) is -0.165. The second kappa shape index (κ2) is 6.45. The molecule has 2 aromatic carbocycles.